The number of amides is 2. The summed E-state index contributed by atoms with van der Waals surface area (Å²) in [7, 11) is 0. The maximum absolute atomic E-state index is 14.1. The van der Waals surface area contributed by atoms with E-state index in [0.29, 0.717) is 81.7 Å². The lowest BCUT2D eigenvalue weighted by Crippen LogP contribution is -2.44. The van der Waals surface area contributed by atoms with Crippen LogP contribution in [0.3, 0.4) is 0 Å². The molecule has 0 bridgehead atoms. The fraction of sp³-hybridized carbons (Fsp3) is 0.567. The number of primary amides is 1. The van der Waals surface area contributed by atoms with E-state index in [9.17, 15) is 18.4 Å². The Morgan fingerprint density at radius 2 is 1.67 bits per heavy atom. The lowest BCUT2D eigenvalue weighted by Gasteiger charge is -2.35. The molecule has 6 rings (SSSR count). The summed E-state index contributed by atoms with van der Waals surface area (Å²) in [6.07, 6.45) is 1.68. The summed E-state index contributed by atoms with van der Waals surface area (Å²) in [6.45, 7) is 3.75. The van der Waals surface area contributed by atoms with Crippen LogP contribution in [-0.2, 0) is 14.3 Å². The average molecular weight is 598 g/mol. The van der Waals surface area contributed by atoms with Gasteiger partial charge in [0, 0.05) is 44.1 Å². The van der Waals surface area contributed by atoms with Crippen molar-refractivity contribution in [3.05, 3.63) is 36.2 Å². The number of likely N-dealkylation sites (tertiary alicyclic amines) is 1. The number of carbonyl (C=O) groups is 2. The highest BCUT2D eigenvalue weighted by molar-refractivity contribution is 5.80. The standard InChI is InChI=1S/C30H37F2N7O4/c31-26(32)28-34-22-3-1-2-4-23(22)39(28)24-17-25(36-30(35-24)38-13-15-42-16-14-38)43-18-19-5-7-21(8-6-19)29(41)37-11-9-20(10-12-37)27(33)40/h1-4,17,19-21,26H,5-16,18H2,(H2,33,40). The van der Waals surface area contributed by atoms with Crippen LogP contribution in [0.5, 0.6) is 5.88 Å². The minimum atomic E-state index is -2.80. The van der Waals surface area contributed by atoms with Crippen molar-refractivity contribution in [3.8, 4) is 11.7 Å². The molecular weight excluding hydrogens is 560 g/mol. The number of morpholine rings is 1. The predicted octanol–water partition coefficient (Wildman–Crippen LogP) is 3.50. The van der Waals surface area contributed by atoms with Gasteiger partial charge < -0.3 is 25.0 Å². The normalized spacial score (nSPS) is 21.8. The number of alkyl halides is 2. The van der Waals surface area contributed by atoms with Crippen molar-refractivity contribution in [2.75, 3.05) is 50.9 Å². The minimum absolute atomic E-state index is 0.0257. The topological polar surface area (TPSA) is 129 Å². The second kappa shape index (κ2) is 12.8. The molecule has 0 atom stereocenters. The molecule has 3 aromatic rings. The number of anilines is 1. The molecule has 230 valence electrons. The van der Waals surface area contributed by atoms with E-state index in [4.69, 9.17) is 15.2 Å². The van der Waals surface area contributed by atoms with Crippen LogP contribution in [-0.4, -0.2) is 82.2 Å². The van der Waals surface area contributed by atoms with E-state index < -0.39 is 6.43 Å². The van der Waals surface area contributed by atoms with Gasteiger partial charge >= 0.3 is 0 Å². The van der Waals surface area contributed by atoms with Crippen molar-refractivity contribution in [3.63, 3.8) is 0 Å². The van der Waals surface area contributed by atoms with Crippen molar-refractivity contribution in [1.82, 2.24) is 24.4 Å². The molecule has 0 radical (unpaired) electrons. The van der Waals surface area contributed by atoms with E-state index in [1.807, 2.05) is 9.80 Å². The van der Waals surface area contributed by atoms with Crippen molar-refractivity contribution in [2.45, 2.75) is 45.0 Å². The van der Waals surface area contributed by atoms with Gasteiger partial charge in [0.25, 0.3) is 6.43 Å². The molecular formula is C30H37F2N7O4. The average Bonchev–Trinajstić information content (AvgIpc) is 3.44. The molecule has 1 aliphatic carbocycles. The summed E-state index contributed by atoms with van der Waals surface area (Å²) in [5.74, 6) is 0.530. The van der Waals surface area contributed by atoms with Gasteiger partial charge in [-0.15, -0.1) is 0 Å². The van der Waals surface area contributed by atoms with Gasteiger partial charge in [-0.2, -0.15) is 9.97 Å². The lowest BCUT2D eigenvalue weighted by atomic mass is 9.81. The van der Waals surface area contributed by atoms with E-state index in [2.05, 4.69) is 15.0 Å². The molecule has 43 heavy (non-hydrogen) atoms. The van der Waals surface area contributed by atoms with Gasteiger partial charge in [0.05, 0.1) is 30.9 Å². The van der Waals surface area contributed by atoms with Gasteiger partial charge in [0.15, 0.2) is 5.82 Å². The van der Waals surface area contributed by atoms with Gasteiger partial charge in [-0.3, -0.25) is 14.2 Å². The summed E-state index contributed by atoms with van der Waals surface area (Å²) in [6, 6.07) is 8.57. The van der Waals surface area contributed by atoms with E-state index in [1.165, 1.54) is 4.57 Å². The fourth-order valence-electron chi connectivity index (χ4n) is 6.35. The minimum Gasteiger partial charge on any atom is -0.477 e. The highest BCUT2D eigenvalue weighted by Gasteiger charge is 2.33. The number of hydrogen-bond acceptors (Lipinski definition) is 8. The molecule has 11 nitrogen and oxygen atoms in total. The van der Waals surface area contributed by atoms with Crippen molar-refractivity contribution in [1.29, 1.82) is 0 Å². The highest BCUT2D eigenvalue weighted by atomic mass is 19.3. The zero-order valence-electron chi connectivity index (χ0n) is 24.0. The number of benzene rings is 1. The zero-order chi connectivity index (χ0) is 29.9. The van der Waals surface area contributed by atoms with Gasteiger partial charge in [0.1, 0.15) is 5.82 Å². The maximum atomic E-state index is 14.1. The molecule has 2 aromatic heterocycles. The summed E-state index contributed by atoms with van der Waals surface area (Å²) < 4.78 is 41.3. The molecule has 1 aromatic carbocycles. The molecule has 3 aliphatic rings. The Hall–Kier alpha value is -3.87. The fourth-order valence-corrected chi connectivity index (χ4v) is 6.35. The van der Waals surface area contributed by atoms with Crippen LogP contribution >= 0.6 is 0 Å². The number of rotatable bonds is 8. The first-order valence-corrected chi connectivity index (χ1v) is 15.1. The Morgan fingerprint density at radius 3 is 2.37 bits per heavy atom. The van der Waals surface area contributed by atoms with Crippen molar-refractivity contribution in [2.24, 2.45) is 23.5 Å². The Kier molecular flexibility index (Phi) is 8.68. The molecule has 3 fully saturated rings. The number of piperidine rings is 1. The first-order valence-electron chi connectivity index (χ1n) is 15.1. The van der Waals surface area contributed by atoms with Crippen LogP contribution in [0, 0.1) is 17.8 Å². The van der Waals surface area contributed by atoms with Gasteiger partial charge in [-0.25, -0.2) is 13.8 Å². The summed E-state index contributed by atoms with van der Waals surface area (Å²) in [5, 5.41) is 0. The smallest absolute Gasteiger partial charge is 0.296 e. The maximum Gasteiger partial charge on any atom is 0.296 e. The molecule has 4 heterocycles. The Morgan fingerprint density at radius 1 is 0.953 bits per heavy atom. The molecule has 2 saturated heterocycles. The van der Waals surface area contributed by atoms with Gasteiger partial charge in [-0.1, -0.05) is 12.1 Å². The van der Waals surface area contributed by atoms with Gasteiger partial charge in [0.2, 0.25) is 23.6 Å². The Labute approximate surface area is 248 Å². The second-order valence-corrected chi connectivity index (χ2v) is 11.6. The second-order valence-electron chi connectivity index (χ2n) is 11.6. The number of aromatic nitrogens is 4. The number of hydrogen-bond donors (Lipinski definition) is 1. The molecule has 0 unspecified atom stereocenters. The third-order valence-corrected chi connectivity index (χ3v) is 8.85. The molecule has 2 amide bonds. The largest absolute Gasteiger partial charge is 0.477 e. The summed E-state index contributed by atoms with van der Waals surface area (Å²) in [5.41, 5.74) is 6.41. The van der Waals surface area contributed by atoms with Crippen molar-refractivity contribution >= 4 is 28.8 Å². The Bertz CT molecular complexity index is 1450. The van der Waals surface area contributed by atoms with Crippen LogP contribution in [0.4, 0.5) is 14.7 Å². The van der Waals surface area contributed by atoms with Crippen LogP contribution in [0.25, 0.3) is 16.9 Å². The number of carbonyl (C=O) groups excluding carboxylic acids is 2. The van der Waals surface area contributed by atoms with E-state index >= 15 is 0 Å². The SMILES string of the molecule is NC(=O)C1CCN(C(=O)C2CCC(COc3cc(-n4c(C(F)F)nc5ccccc54)nc(N4CCOCC4)n3)CC2)CC1. The van der Waals surface area contributed by atoms with Crippen LogP contribution in [0.2, 0.25) is 0 Å². The van der Waals surface area contributed by atoms with E-state index in [1.54, 1.807) is 30.3 Å². The van der Waals surface area contributed by atoms with Crippen LogP contribution < -0.4 is 15.4 Å². The summed E-state index contributed by atoms with van der Waals surface area (Å²) in [4.78, 5) is 41.9. The van der Waals surface area contributed by atoms with Crippen LogP contribution in [0.15, 0.2) is 30.3 Å². The van der Waals surface area contributed by atoms with Crippen LogP contribution in [0.1, 0.15) is 50.8 Å². The van der Waals surface area contributed by atoms with Crippen molar-refractivity contribution < 1.29 is 27.8 Å². The van der Waals surface area contributed by atoms with E-state index in [-0.39, 0.29) is 41.2 Å². The zero-order valence-corrected chi connectivity index (χ0v) is 24.0. The number of nitrogens with zero attached hydrogens (tertiary/aromatic N) is 6. The summed E-state index contributed by atoms with van der Waals surface area (Å²) >= 11 is 0. The van der Waals surface area contributed by atoms with E-state index in [0.717, 1.165) is 25.7 Å². The lowest BCUT2D eigenvalue weighted by molar-refractivity contribution is -0.139. The Balaban J connectivity index is 1.15. The third kappa shape index (κ3) is 6.41. The predicted molar refractivity (Wildman–Crippen MR) is 154 cm³/mol. The molecule has 13 heteroatoms. The molecule has 0 spiro atoms. The number of para-hydroxylation sites is 2. The highest BCUT2D eigenvalue weighted by Crippen LogP contribution is 2.33. The van der Waals surface area contributed by atoms with Gasteiger partial charge in [-0.05, 0) is 56.6 Å². The number of halogens is 2. The quantitative estimate of drug-likeness (QED) is 0.418. The monoisotopic (exact) mass is 597 g/mol. The first kappa shape index (κ1) is 29.2. The number of imidazole rings is 1. The molecule has 2 N–H and O–H groups in total. The first-order chi connectivity index (χ1) is 20.9. The number of fused-ring (bicyclic) bond motifs is 1. The molecule has 1 saturated carbocycles. The molecule has 2 aliphatic heterocycles. The third-order valence-electron chi connectivity index (χ3n) is 8.85. The number of ether oxygens (including phenoxy) is 2. The number of nitrogens with two attached hydrogens (primary N) is 1.